The van der Waals surface area contributed by atoms with E-state index in [-0.39, 0.29) is 6.61 Å². The highest BCUT2D eigenvalue weighted by Gasteiger charge is 2.08. The van der Waals surface area contributed by atoms with Gasteiger partial charge in [-0.3, -0.25) is 0 Å². The average Bonchev–Trinajstić information content (AvgIpc) is 2.15. The lowest BCUT2D eigenvalue weighted by Crippen LogP contribution is -2.02. The third kappa shape index (κ3) is 2.72. The highest BCUT2D eigenvalue weighted by molar-refractivity contribution is 5.47. The summed E-state index contributed by atoms with van der Waals surface area (Å²) < 4.78 is 0. The topological polar surface area (TPSA) is 66.5 Å². The molecule has 1 aromatic rings. The van der Waals surface area contributed by atoms with Gasteiger partial charge in [-0.1, -0.05) is 18.2 Å². The first kappa shape index (κ1) is 10.0. The minimum absolute atomic E-state index is 0.101. The minimum atomic E-state index is -0.562. The standard InChI is InChI=1S/C10H15NO2/c11-9-5-2-1-4-8(9)10(13)6-3-7-12/h1-2,4-5,10,12-13H,3,6-7,11H2. The molecule has 1 aromatic carbocycles. The second kappa shape index (κ2) is 4.84. The first-order valence-corrected chi connectivity index (χ1v) is 4.39. The Hall–Kier alpha value is -1.06. The van der Waals surface area contributed by atoms with Crippen LogP contribution >= 0.6 is 0 Å². The average molecular weight is 181 g/mol. The first-order valence-electron chi connectivity index (χ1n) is 4.39. The fraction of sp³-hybridized carbons (Fsp3) is 0.400. The quantitative estimate of drug-likeness (QED) is 0.609. The van der Waals surface area contributed by atoms with Crippen LogP contribution in [-0.4, -0.2) is 16.8 Å². The van der Waals surface area contributed by atoms with Crippen molar-refractivity contribution in [2.24, 2.45) is 0 Å². The van der Waals surface area contributed by atoms with Crippen molar-refractivity contribution in [3.05, 3.63) is 29.8 Å². The van der Waals surface area contributed by atoms with Crippen LogP contribution in [0, 0.1) is 0 Å². The summed E-state index contributed by atoms with van der Waals surface area (Å²) in [5.74, 6) is 0. The van der Waals surface area contributed by atoms with Gasteiger partial charge in [0, 0.05) is 17.9 Å². The Bertz CT molecular complexity index is 263. The van der Waals surface area contributed by atoms with Crippen LogP contribution in [0.4, 0.5) is 5.69 Å². The van der Waals surface area contributed by atoms with E-state index in [0.717, 1.165) is 5.56 Å². The van der Waals surface area contributed by atoms with E-state index in [1.165, 1.54) is 0 Å². The second-order valence-corrected chi connectivity index (χ2v) is 3.01. The first-order chi connectivity index (χ1) is 6.25. The molecule has 0 spiro atoms. The Kier molecular flexibility index (Phi) is 3.73. The molecule has 0 aliphatic rings. The lowest BCUT2D eigenvalue weighted by atomic mass is 10.0. The number of benzene rings is 1. The molecule has 0 amide bonds. The number of aliphatic hydroxyl groups is 2. The number of nitrogens with two attached hydrogens (primary N) is 1. The fourth-order valence-electron chi connectivity index (χ4n) is 1.25. The molecular weight excluding hydrogens is 166 g/mol. The SMILES string of the molecule is Nc1ccccc1C(O)CCCO. The van der Waals surface area contributed by atoms with Crippen molar-refractivity contribution in [2.75, 3.05) is 12.3 Å². The molecule has 3 heteroatoms. The molecule has 0 aromatic heterocycles. The number of hydrogen-bond donors (Lipinski definition) is 3. The van der Waals surface area contributed by atoms with Gasteiger partial charge < -0.3 is 15.9 Å². The summed E-state index contributed by atoms with van der Waals surface area (Å²) in [6.07, 6.45) is 0.577. The lowest BCUT2D eigenvalue weighted by molar-refractivity contribution is 0.152. The Labute approximate surface area is 77.8 Å². The van der Waals surface area contributed by atoms with Gasteiger partial charge in [-0.25, -0.2) is 0 Å². The van der Waals surface area contributed by atoms with Crippen molar-refractivity contribution in [3.63, 3.8) is 0 Å². The summed E-state index contributed by atoms with van der Waals surface area (Å²) in [6.45, 7) is 0.101. The molecule has 0 aliphatic heterocycles. The van der Waals surface area contributed by atoms with Gasteiger partial charge in [0.2, 0.25) is 0 Å². The third-order valence-electron chi connectivity index (χ3n) is 1.99. The van der Waals surface area contributed by atoms with Gasteiger partial charge in [0.25, 0.3) is 0 Å². The van der Waals surface area contributed by atoms with Crippen LogP contribution in [0.3, 0.4) is 0 Å². The summed E-state index contributed by atoms with van der Waals surface area (Å²) in [4.78, 5) is 0. The third-order valence-corrected chi connectivity index (χ3v) is 1.99. The molecule has 0 saturated heterocycles. The van der Waals surface area contributed by atoms with Crippen molar-refractivity contribution >= 4 is 5.69 Å². The van der Waals surface area contributed by atoms with Crippen LogP contribution in [-0.2, 0) is 0 Å². The maximum atomic E-state index is 9.64. The number of rotatable bonds is 4. The van der Waals surface area contributed by atoms with E-state index >= 15 is 0 Å². The Morgan fingerprint density at radius 3 is 2.62 bits per heavy atom. The smallest absolute Gasteiger partial charge is 0.0810 e. The Balaban J connectivity index is 2.65. The van der Waals surface area contributed by atoms with Gasteiger partial charge in [-0.05, 0) is 18.9 Å². The fourth-order valence-corrected chi connectivity index (χ4v) is 1.25. The van der Waals surface area contributed by atoms with E-state index < -0.39 is 6.10 Å². The van der Waals surface area contributed by atoms with Crippen molar-refractivity contribution in [1.29, 1.82) is 0 Å². The highest BCUT2D eigenvalue weighted by Crippen LogP contribution is 2.23. The Morgan fingerprint density at radius 2 is 2.00 bits per heavy atom. The van der Waals surface area contributed by atoms with Crippen LogP contribution in [0.25, 0.3) is 0 Å². The van der Waals surface area contributed by atoms with Crippen molar-refractivity contribution in [1.82, 2.24) is 0 Å². The molecule has 1 rings (SSSR count). The highest BCUT2D eigenvalue weighted by atomic mass is 16.3. The summed E-state index contributed by atoms with van der Waals surface area (Å²) in [7, 11) is 0. The predicted octanol–water partition coefficient (Wildman–Crippen LogP) is 1.07. The largest absolute Gasteiger partial charge is 0.398 e. The molecule has 1 atom stereocenters. The number of para-hydroxylation sites is 1. The van der Waals surface area contributed by atoms with Gasteiger partial charge in [0.05, 0.1) is 6.10 Å². The zero-order valence-corrected chi connectivity index (χ0v) is 7.48. The van der Waals surface area contributed by atoms with E-state index in [2.05, 4.69) is 0 Å². The van der Waals surface area contributed by atoms with Crippen LogP contribution in [0.2, 0.25) is 0 Å². The maximum absolute atomic E-state index is 9.64. The van der Waals surface area contributed by atoms with E-state index in [1.807, 2.05) is 12.1 Å². The molecule has 0 heterocycles. The number of anilines is 1. The van der Waals surface area contributed by atoms with E-state index in [9.17, 15) is 5.11 Å². The van der Waals surface area contributed by atoms with Crippen LogP contribution in [0.5, 0.6) is 0 Å². The molecule has 0 radical (unpaired) electrons. The summed E-state index contributed by atoms with van der Waals surface area (Å²) >= 11 is 0. The number of hydrogen-bond acceptors (Lipinski definition) is 3. The molecule has 1 unspecified atom stereocenters. The zero-order valence-electron chi connectivity index (χ0n) is 7.48. The number of aliphatic hydroxyl groups excluding tert-OH is 2. The van der Waals surface area contributed by atoms with Crippen molar-refractivity contribution in [2.45, 2.75) is 18.9 Å². The summed E-state index contributed by atoms with van der Waals surface area (Å²) in [6, 6.07) is 7.24. The normalized spacial score (nSPS) is 12.8. The Morgan fingerprint density at radius 1 is 1.31 bits per heavy atom. The molecular formula is C10H15NO2. The van der Waals surface area contributed by atoms with Crippen molar-refractivity contribution < 1.29 is 10.2 Å². The van der Waals surface area contributed by atoms with Gasteiger partial charge in [-0.15, -0.1) is 0 Å². The molecule has 3 nitrogen and oxygen atoms in total. The second-order valence-electron chi connectivity index (χ2n) is 3.01. The monoisotopic (exact) mass is 181 g/mol. The maximum Gasteiger partial charge on any atom is 0.0810 e. The molecule has 72 valence electrons. The van der Waals surface area contributed by atoms with Crippen LogP contribution in [0.15, 0.2) is 24.3 Å². The molecule has 0 bridgehead atoms. The molecule has 4 N–H and O–H groups in total. The molecule has 0 aliphatic carbocycles. The van der Waals surface area contributed by atoms with E-state index in [4.69, 9.17) is 10.8 Å². The minimum Gasteiger partial charge on any atom is -0.398 e. The van der Waals surface area contributed by atoms with Gasteiger partial charge in [-0.2, -0.15) is 0 Å². The number of nitrogen functional groups attached to an aromatic ring is 1. The molecule has 0 fully saturated rings. The summed E-state index contributed by atoms with van der Waals surface area (Å²) in [5.41, 5.74) is 7.02. The van der Waals surface area contributed by atoms with Crippen LogP contribution < -0.4 is 5.73 Å². The summed E-state index contributed by atoms with van der Waals surface area (Å²) in [5, 5.41) is 18.2. The van der Waals surface area contributed by atoms with Crippen molar-refractivity contribution in [3.8, 4) is 0 Å². The van der Waals surface area contributed by atoms with Gasteiger partial charge in [0.15, 0.2) is 0 Å². The molecule has 0 saturated carbocycles. The van der Waals surface area contributed by atoms with E-state index in [0.29, 0.717) is 18.5 Å². The van der Waals surface area contributed by atoms with Gasteiger partial charge in [0.1, 0.15) is 0 Å². The lowest BCUT2D eigenvalue weighted by Gasteiger charge is -2.12. The van der Waals surface area contributed by atoms with Crippen LogP contribution in [0.1, 0.15) is 24.5 Å². The molecule has 13 heavy (non-hydrogen) atoms. The zero-order chi connectivity index (χ0) is 9.68. The van der Waals surface area contributed by atoms with E-state index in [1.54, 1.807) is 12.1 Å². The van der Waals surface area contributed by atoms with Gasteiger partial charge >= 0.3 is 0 Å². The predicted molar refractivity (Wildman–Crippen MR) is 52.1 cm³/mol.